The van der Waals surface area contributed by atoms with Gasteiger partial charge in [-0.05, 0) is 143 Å². The molecule has 2 bridgehead atoms. The third-order valence-corrected chi connectivity index (χ3v) is 17.1. The predicted octanol–water partition coefficient (Wildman–Crippen LogP) is 14.6. The fourth-order valence-corrected chi connectivity index (χ4v) is 12.1. The summed E-state index contributed by atoms with van der Waals surface area (Å²) in [7, 11) is 0. The van der Waals surface area contributed by atoms with E-state index in [0.717, 1.165) is 64.2 Å². The second kappa shape index (κ2) is 38.6. The first-order valence-corrected chi connectivity index (χ1v) is 32.9. The Balaban J connectivity index is 1.58. The number of fused-ring (bicyclic) bond motifs is 5. The first kappa shape index (κ1) is 76.2. The average molecular weight is 1250 g/mol. The molecule has 4 rings (SSSR count). The molecule has 4 aliphatic rings. The summed E-state index contributed by atoms with van der Waals surface area (Å²) in [6.07, 6.45) is 51.9. The Kier molecular flexibility index (Phi) is 32.7. The Morgan fingerprint density at radius 3 is 1.44 bits per heavy atom. The zero-order valence-corrected chi connectivity index (χ0v) is 55.9. The highest BCUT2D eigenvalue weighted by Gasteiger charge is 2.77. The van der Waals surface area contributed by atoms with Crippen molar-refractivity contribution in [1.82, 2.24) is 5.32 Å². The topological polar surface area (TPSA) is 213 Å². The number of aliphatic hydroxyl groups excluding tert-OH is 1. The number of ketones is 1. The molecule has 15 nitrogen and oxygen atoms in total. The molecule has 3 aliphatic carbocycles. The van der Waals surface area contributed by atoms with Crippen LogP contribution in [0.15, 0.2) is 157 Å². The van der Waals surface area contributed by atoms with Crippen LogP contribution in [0.4, 0.5) is 4.79 Å². The van der Waals surface area contributed by atoms with Crippen LogP contribution in [0.5, 0.6) is 0 Å². The lowest BCUT2D eigenvalue weighted by molar-refractivity contribution is -0.346. The molecule has 11 atom stereocenters. The summed E-state index contributed by atoms with van der Waals surface area (Å²) in [5, 5.41) is 40.7. The fraction of sp³-hybridized carbons (Fsp3) is 0.587. The Morgan fingerprint density at radius 2 is 1.06 bits per heavy atom. The van der Waals surface area contributed by atoms with Crippen molar-refractivity contribution in [3.63, 3.8) is 0 Å². The minimum Gasteiger partial charge on any atom is -0.461 e. The number of hydrogen-bond acceptors (Lipinski definition) is 14. The van der Waals surface area contributed by atoms with E-state index in [1.54, 1.807) is 48.5 Å². The van der Waals surface area contributed by atoms with E-state index in [9.17, 15) is 34.5 Å². The molecule has 0 aromatic heterocycles. The van der Waals surface area contributed by atoms with Gasteiger partial charge in [0.2, 0.25) is 0 Å². The molecule has 4 N–H and O–H groups in total. The zero-order valence-electron chi connectivity index (χ0n) is 55.9. The molecule has 1 aliphatic heterocycles. The summed E-state index contributed by atoms with van der Waals surface area (Å²) in [4.78, 5) is 70.8. The molecule has 2 saturated carbocycles. The van der Waals surface area contributed by atoms with E-state index in [0.29, 0.717) is 24.8 Å². The number of aliphatic hydroxyl groups is 3. The number of allylic oxidation sites excluding steroid dienone is 24. The molecule has 498 valence electrons. The Labute approximate surface area is 538 Å². The van der Waals surface area contributed by atoms with Crippen molar-refractivity contribution >= 4 is 29.8 Å². The van der Waals surface area contributed by atoms with E-state index in [4.69, 9.17) is 28.4 Å². The number of hydrogen-bond donors (Lipinski definition) is 4. The molecular formula is C75H109NO14. The van der Waals surface area contributed by atoms with Gasteiger partial charge in [-0.2, -0.15) is 0 Å². The number of alkyl carbamates (subject to hydrolysis) is 1. The summed E-state index contributed by atoms with van der Waals surface area (Å²) < 4.78 is 36.8. The second-order valence-corrected chi connectivity index (χ2v) is 25.6. The molecule has 0 unspecified atom stereocenters. The summed E-state index contributed by atoms with van der Waals surface area (Å²) in [6, 6.07) is -0.871. The van der Waals surface area contributed by atoms with Crippen LogP contribution in [-0.4, -0.2) is 118 Å². The van der Waals surface area contributed by atoms with Crippen molar-refractivity contribution in [2.45, 2.75) is 251 Å². The van der Waals surface area contributed by atoms with Crippen molar-refractivity contribution in [1.29, 1.82) is 0 Å². The van der Waals surface area contributed by atoms with Crippen LogP contribution in [0, 0.1) is 16.7 Å². The normalized spacial score (nSPS) is 27.2. The van der Waals surface area contributed by atoms with Gasteiger partial charge < -0.3 is 49.1 Å². The van der Waals surface area contributed by atoms with Gasteiger partial charge in [-0.1, -0.05) is 174 Å². The lowest BCUT2D eigenvalue weighted by atomic mass is 9.44. The van der Waals surface area contributed by atoms with E-state index in [1.807, 2.05) is 30.4 Å². The minimum absolute atomic E-state index is 0.0538. The average Bonchev–Trinajstić information content (AvgIpc) is 0.674. The van der Waals surface area contributed by atoms with Crippen molar-refractivity contribution in [3.8, 4) is 0 Å². The highest BCUT2D eigenvalue weighted by molar-refractivity contribution is 5.95. The molecule has 1 amide bonds. The van der Waals surface area contributed by atoms with Crippen LogP contribution >= 0.6 is 0 Å². The van der Waals surface area contributed by atoms with E-state index >= 15 is 4.79 Å². The number of Topliss-reactive ketones (excluding diaryl/α,β-unsaturated/α-hetero) is 1. The first-order valence-electron chi connectivity index (χ1n) is 32.9. The minimum atomic E-state index is -2.20. The SMILES string of the molecule is CC/C=C\C/C=C\C/C=C\C/C=C\C/C=C\C/C=C\CCC(=O)O[C@H]1C(=O)[C@]2(C)[C@@H](OC(=O)CC/C=C\C/C=C\C/C=C\C/C=C\C/C=C\C/C=C\CC)C[C@H]3OC[C@@]3(O)[C@H]2[C@H](OC(C)=O)[C@]2(O)C[C@H](OC[C@H](O)[C@H](C)NC(=O)OC(C)(C)C)C(C)=C1C2(C)C. The molecule has 15 heteroatoms. The predicted molar refractivity (Wildman–Crippen MR) is 357 cm³/mol. The van der Waals surface area contributed by atoms with Crippen molar-refractivity contribution < 1.29 is 67.7 Å². The van der Waals surface area contributed by atoms with Gasteiger partial charge in [-0.25, -0.2) is 4.79 Å². The van der Waals surface area contributed by atoms with Gasteiger partial charge in [0.1, 0.15) is 29.0 Å². The van der Waals surface area contributed by atoms with Crippen LogP contribution in [0.3, 0.4) is 0 Å². The molecule has 0 spiro atoms. The molecule has 0 aromatic carbocycles. The monoisotopic (exact) mass is 1250 g/mol. The van der Waals surface area contributed by atoms with Crippen molar-refractivity contribution in [3.05, 3.63) is 157 Å². The number of ether oxygens (including phenoxy) is 6. The number of amides is 1. The number of carbonyl (C=O) groups excluding carboxylic acids is 5. The molecule has 3 fully saturated rings. The first-order chi connectivity index (χ1) is 42.9. The summed E-state index contributed by atoms with van der Waals surface area (Å²) in [5.41, 5.74) is -7.88. The largest absolute Gasteiger partial charge is 0.461 e. The van der Waals surface area contributed by atoms with Gasteiger partial charge in [-0.15, -0.1) is 0 Å². The Morgan fingerprint density at radius 1 is 0.644 bits per heavy atom. The maximum Gasteiger partial charge on any atom is 0.407 e. The van der Waals surface area contributed by atoms with Crippen molar-refractivity contribution in [2.75, 3.05) is 13.2 Å². The highest BCUT2D eigenvalue weighted by Crippen LogP contribution is 2.64. The van der Waals surface area contributed by atoms with Crippen LogP contribution in [-0.2, 0) is 47.6 Å². The number of rotatable bonds is 36. The molecule has 0 aromatic rings. The van der Waals surface area contributed by atoms with E-state index < -0.39 is 106 Å². The van der Waals surface area contributed by atoms with Crippen LogP contribution < -0.4 is 5.32 Å². The maximum atomic E-state index is 16.3. The lowest BCUT2D eigenvalue weighted by Crippen LogP contribution is -2.81. The Hall–Kier alpha value is -6.23. The van der Waals surface area contributed by atoms with Gasteiger partial charge in [0.15, 0.2) is 11.9 Å². The standard InChI is InChI=1S/C75H109NO14/c1-12-14-16-18-20-22-24-26-28-30-32-34-36-38-40-42-44-46-48-50-63(79)88-61-52-62-74(83,55-86-62)67-69(87-58(5)77)75(84)53-60(85-54-59(78)57(4)76-70(82)90-71(6,7)8)56(3)65(72(75,9)10)66(68(81)73(61,67)11)89-64(80)51-49-47-45-43-41-39-37-35-33-31-29-27-25-23-21-19-17-15-13-2/h14-17,20-23,26-29,32-35,38-41,44-47,57,59-62,66-67,69,78,83-84H,12-13,18-19,24-25,30-31,36-37,42-43,48-55H2,1-11H3,(H,76,82)/b16-14-,17-15-,22-20-,23-21-,28-26-,29-27-,34-32-,35-33-,40-38-,41-39-,46-44-,47-45-/t57-,59-,60-,61-,62+,66+,67-,69-,73+,74-,75+/m0/s1. The van der Waals surface area contributed by atoms with Gasteiger partial charge in [0.25, 0.3) is 0 Å². The molecule has 1 heterocycles. The quantitative estimate of drug-likeness (QED) is 0.0261. The van der Waals surface area contributed by atoms with E-state index in [-0.39, 0.29) is 50.9 Å². The van der Waals surface area contributed by atoms with Crippen molar-refractivity contribution in [2.24, 2.45) is 16.7 Å². The number of nitrogens with one attached hydrogen (secondary N) is 1. The molecular weight excluding hydrogens is 1140 g/mol. The smallest absolute Gasteiger partial charge is 0.407 e. The number of carbonyl (C=O) groups is 5. The molecule has 0 radical (unpaired) electrons. The second-order valence-electron chi connectivity index (χ2n) is 25.6. The fourth-order valence-electron chi connectivity index (χ4n) is 12.1. The van der Waals surface area contributed by atoms with E-state index in [1.165, 1.54) is 13.8 Å². The highest BCUT2D eigenvalue weighted by atomic mass is 16.6. The summed E-state index contributed by atoms with van der Waals surface area (Å²) in [6.45, 7) is 18.0. The zero-order chi connectivity index (χ0) is 66.2. The number of esters is 3. The van der Waals surface area contributed by atoms with Gasteiger partial charge >= 0.3 is 24.0 Å². The van der Waals surface area contributed by atoms with Crippen LogP contribution in [0.2, 0.25) is 0 Å². The maximum absolute atomic E-state index is 16.3. The van der Waals surface area contributed by atoms with E-state index in [2.05, 4.69) is 135 Å². The van der Waals surface area contributed by atoms with Crippen LogP contribution in [0.25, 0.3) is 0 Å². The van der Waals surface area contributed by atoms with Crippen LogP contribution in [0.1, 0.15) is 192 Å². The molecule has 1 saturated heterocycles. The van der Waals surface area contributed by atoms with Gasteiger partial charge in [-0.3, -0.25) is 19.2 Å². The summed E-state index contributed by atoms with van der Waals surface area (Å²) >= 11 is 0. The third-order valence-electron chi connectivity index (χ3n) is 17.1. The lowest BCUT2D eigenvalue weighted by Gasteiger charge is -2.67. The Bertz CT molecular complexity index is 2710. The van der Waals surface area contributed by atoms with Gasteiger partial charge in [0, 0.05) is 43.9 Å². The summed E-state index contributed by atoms with van der Waals surface area (Å²) in [5.74, 6) is -4.42. The third kappa shape index (κ3) is 23.2. The van der Waals surface area contributed by atoms with Gasteiger partial charge in [0.05, 0.1) is 43.0 Å². The molecule has 90 heavy (non-hydrogen) atoms.